The molecular weight excluding hydrogens is 250 g/mol. The summed E-state index contributed by atoms with van der Waals surface area (Å²) >= 11 is 0. The van der Waals surface area contributed by atoms with Crippen molar-refractivity contribution in [2.45, 2.75) is 33.1 Å². The van der Waals surface area contributed by atoms with Crippen LogP contribution in [-0.4, -0.2) is 16.5 Å². The Labute approximate surface area is 120 Å². The third-order valence-electron chi connectivity index (χ3n) is 2.93. The molecule has 1 N–H and O–H groups in total. The maximum atomic E-state index is 5.73. The first-order chi connectivity index (χ1) is 9.81. The van der Waals surface area contributed by atoms with Gasteiger partial charge in [0.2, 0.25) is 11.8 Å². The smallest absolute Gasteiger partial charge is 0.225 e. The first-order valence-electron chi connectivity index (χ1n) is 7.15. The first kappa shape index (κ1) is 14.3. The number of hydrogen-bond donors (Lipinski definition) is 1. The number of hydrogen-bond acceptors (Lipinski definition) is 4. The van der Waals surface area contributed by atoms with Crippen LogP contribution in [0.1, 0.15) is 32.3 Å². The second-order valence-corrected chi connectivity index (χ2v) is 4.60. The van der Waals surface area contributed by atoms with Crippen molar-refractivity contribution in [1.82, 2.24) is 9.97 Å². The summed E-state index contributed by atoms with van der Waals surface area (Å²) in [5, 5.41) is 3.06. The number of nitrogens with one attached hydrogen (secondary N) is 1. The predicted octanol–water partition coefficient (Wildman–Crippen LogP) is 4.04. The van der Waals surface area contributed by atoms with Crippen LogP contribution in [0.2, 0.25) is 0 Å². The van der Waals surface area contributed by atoms with Crippen molar-refractivity contribution in [2.24, 2.45) is 0 Å². The summed E-state index contributed by atoms with van der Waals surface area (Å²) in [6.07, 6.45) is 5.25. The molecule has 0 aliphatic carbocycles. The van der Waals surface area contributed by atoms with Crippen molar-refractivity contribution in [3.05, 3.63) is 42.1 Å². The van der Waals surface area contributed by atoms with E-state index in [9.17, 15) is 0 Å². The van der Waals surface area contributed by atoms with E-state index >= 15 is 0 Å². The van der Waals surface area contributed by atoms with Gasteiger partial charge < -0.3 is 10.1 Å². The molecule has 4 heteroatoms. The number of unbranched alkanes of at least 4 members (excludes halogenated alkanes) is 1. The van der Waals surface area contributed by atoms with E-state index in [1.54, 1.807) is 12.3 Å². The maximum Gasteiger partial charge on any atom is 0.225 e. The highest BCUT2D eigenvalue weighted by Gasteiger charge is 2.01. The van der Waals surface area contributed by atoms with Gasteiger partial charge in [-0.2, -0.15) is 4.98 Å². The Morgan fingerprint density at radius 1 is 1.10 bits per heavy atom. The molecule has 0 amide bonds. The van der Waals surface area contributed by atoms with Crippen molar-refractivity contribution in [1.29, 1.82) is 0 Å². The summed E-state index contributed by atoms with van der Waals surface area (Å²) < 4.78 is 5.73. The van der Waals surface area contributed by atoms with Gasteiger partial charge in [0.15, 0.2) is 0 Å². The zero-order valence-electron chi connectivity index (χ0n) is 12.1. The van der Waals surface area contributed by atoms with Crippen molar-refractivity contribution in [3.8, 4) is 11.6 Å². The highest BCUT2D eigenvalue weighted by atomic mass is 16.5. The second kappa shape index (κ2) is 7.48. The molecule has 0 unspecified atom stereocenters. The average molecular weight is 271 g/mol. The molecule has 1 aromatic carbocycles. The van der Waals surface area contributed by atoms with Crippen LogP contribution in [0.3, 0.4) is 0 Å². The summed E-state index contributed by atoms with van der Waals surface area (Å²) in [6, 6.07) is 9.95. The first-order valence-corrected chi connectivity index (χ1v) is 7.15. The lowest BCUT2D eigenvalue weighted by Gasteiger charge is -2.07. The lowest BCUT2D eigenvalue weighted by atomic mass is 10.1. The largest absolute Gasteiger partial charge is 0.439 e. The Morgan fingerprint density at radius 3 is 2.60 bits per heavy atom. The SMILES string of the molecule is CCCCc1ccc(Oc2ccnc(NCC)n2)cc1. The Kier molecular flexibility index (Phi) is 5.35. The predicted molar refractivity (Wildman–Crippen MR) is 81.3 cm³/mol. The quantitative estimate of drug-likeness (QED) is 0.825. The van der Waals surface area contributed by atoms with E-state index in [1.165, 1.54) is 18.4 Å². The van der Waals surface area contributed by atoms with Gasteiger partial charge >= 0.3 is 0 Å². The molecule has 4 nitrogen and oxygen atoms in total. The fourth-order valence-corrected chi connectivity index (χ4v) is 1.87. The van der Waals surface area contributed by atoms with Gasteiger partial charge in [-0.3, -0.25) is 0 Å². The lowest BCUT2D eigenvalue weighted by Crippen LogP contribution is -2.02. The number of anilines is 1. The molecule has 2 rings (SSSR count). The molecule has 0 aliphatic rings. The molecule has 0 bridgehead atoms. The summed E-state index contributed by atoms with van der Waals surface area (Å²) in [5.74, 6) is 1.94. The van der Waals surface area contributed by atoms with Crippen molar-refractivity contribution in [2.75, 3.05) is 11.9 Å². The molecule has 0 saturated heterocycles. The molecule has 0 aliphatic heterocycles. The van der Waals surface area contributed by atoms with Gasteiger partial charge in [0.1, 0.15) is 5.75 Å². The van der Waals surface area contributed by atoms with E-state index in [2.05, 4.69) is 34.3 Å². The van der Waals surface area contributed by atoms with Crippen molar-refractivity contribution in [3.63, 3.8) is 0 Å². The highest BCUT2D eigenvalue weighted by molar-refractivity contribution is 5.33. The number of nitrogens with zero attached hydrogens (tertiary/aromatic N) is 2. The number of aryl methyl sites for hydroxylation is 1. The molecule has 0 radical (unpaired) electrons. The van der Waals surface area contributed by atoms with Crippen molar-refractivity contribution >= 4 is 5.95 Å². The molecule has 1 heterocycles. The van der Waals surface area contributed by atoms with Crippen LogP contribution >= 0.6 is 0 Å². The standard InChI is InChI=1S/C16H21N3O/c1-3-5-6-13-7-9-14(10-8-13)20-15-11-12-18-16(19-15)17-4-2/h7-12H,3-6H2,1-2H3,(H,17,18,19). The fourth-order valence-electron chi connectivity index (χ4n) is 1.87. The van der Waals surface area contributed by atoms with Gasteiger partial charge in [0.25, 0.3) is 0 Å². The van der Waals surface area contributed by atoms with E-state index in [4.69, 9.17) is 4.74 Å². The third-order valence-corrected chi connectivity index (χ3v) is 2.93. The molecular formula is C16H21N3O. The third kappa shape index (κ3) is 4.23. The Hall–Kier alpha value is -2.10. The topological polar surface area (TPSA) is 47.0 Å². The van der Waals surface area contributed by atoms with Gasteiger partial charge in [-0.1, -0.05) is 25.5 Å². The van der Waals surface area contributed by atoms with Crippen LogP contribution < -0.4 is 10.1 Å². The minimum absolute atomic E-state index is 0.553. The molecule has 0 saturated carbocycles. The molecule has 0 fully saturated rings. The molecule has 0 atom stereocenters. The average Bonchev–Trinajstić information content (AvgIpc) is 2.47. The molecule has 20 heavy (non-hydrogen) atoms. The Balaban J connectivity index is 2.00. The Bertz CT molecular complexity index is 526. The van der Waals surface area contributed by atoms with Crippen LogP contribution in [0.15, 0.2) is 36.5 Å². The van der Waals surface area contributed by atoms with Gasteiger partial charge in [0.05, 0.1) is 0 Å². The Morgan fingerprint density at radius 2 is 1.90 bits per heavy atom. The second-order valence-electron chi connectivity index (χ2n) is 4.60. The molecule has 1 aromatic heterocycles. The zero-order valence-corrected chi connectivity index (χ0v) is 12.1. The molecule has 106 valence electrons. The van der Waals surface area contributed by atoms with Gasteiger partial charge in [-0.15, -0.1) is 0 Å². The fraction of sp³-hybridized carbons (Fsp3) is 0.375. The van der Waals surface area contributed by atoms with Crippen molar-refractivity contribution < 1.29 is 4.74 Å². The van der Waals surface area contributed by atoms with Crippen LogP contribution in [0, 0.1) is 0 Å². The molecule has 2 aromatic rings. The van der Waals surface area contributed by atoms with Gasteiger partial charge in [-0.25, -0.2) is 4.98 Å². The summed E-state index contributed by atoms with van der Waals surface area (Å²) in [5.41, 5.74) is 1.34. The van der Waals surface area contributed by atoms with E-state index in [0.29, 0.717) is 11.8 Å². The van der Waals surface area contributed by atoms with Gasteiger partial charge in [-0.05, 0) is 37.5 Å². The zero-order chi connectivity index (χ0) is 14.2. The van der Waals surface area contributed by atoms with E-state index in [-0.39, 0.29) is 0 Å². The number of benzene rings is 1. The van der Waals surface area contributed by atoms with Crippen LogP contribution in [0.25, 0.3) is 0 Å². The van der Waals surface area contributed by atoms with Crippen LogP contribution in [0.5, 0.6) is 11.6 Å². The van der Waals surface area contributed by atoms with E-state index < -0.39 is 0 Å². The minimum Gasteiger partial charge on any atom is -0.439 e. The van der Waals surface area contributed by atoms with Crippen LogP contribution in [-0.2, 0) is 6.42 Å². The minimum atomic E-state index is 0.553. The summed E-state index contributed by atoms with van der Waals surface area (Å²) in [4.78, 5) is 8.40. The van der Waals surface area contributed by atoms with E-state index in [0.717, 1.165) is 18.7 Å². The normalized spacial score (nSPS) is 10.3. The number of ether oxygens (including phenoxy) is 1. The van der Waals surface area contributed by atoms with Crippen LogP contribution in [0.4, 0.5) is 5.95 Å². The lowest BCUT2D eigenvalue weighted by molar-refractivity contribution is 0.462. The summed E-state index contributed by atoms with van der Waals surface area (Å²) in [6.45, 7) is 5.00. The summed E-state index contributed by atoms with van der Waals surface area (Å²) in [7, 11) is 0. The van der Waals surface area contributed by atoms with Gasteiger partial charge in [0, 0.05) is 18.8 Å². The highest BCUT2D eigenvalue weighted by Crippen LogP contribution is 2.20. The number of rotatable bonds is 7. The monoisotopic (exact) mass is 271 g/mol. The number of aromatic nitrogens is 2. The maximum absolute atomic E-state index is 5.73. The molecule has 0 spiro atoms. The van der Waals surface area contributed by atoms with E-state index in [1.807, 2.05) is 19.1 Å².